The number of carboxylic acid groups (broad SMARTS) is 1. The zero-order valence-electron chi connectivity index (χ0n) is 11.5. The number of likely N-dealkylation sites (tertiary alicyclic amines) is 1. The molecule has 7 nitrogen and oxygen atoms in total. The van der Waals surface area contributed by atoms with Gasteiger partial charge in [0, 0.05) is 6.54 Å². The summed E-state index contributed by atoms with van der Waals surface area (Å²) in [5, 5.41) is 26.6. The van der Waals surface area contributed by atoms with Crippen molar-refractivity contribution >= 4 is 17.7 Å². The Bertz CT molecular complexity index is 458. The first-order valence-electron chi connectivity index (χ1n) is 6.66. The zero-order valence-corrected chi connectivity index (χ0v) is 12.3. The maximum atomic E-state index is 10.7. The fourth-order valence-electron chi connectivity index (χ4n) is 2.36. The minimum atomic E-state index is -0.880. The van der Waals surface area contributed by atoms with E-state index in [0.29, 0.717) is 16.9 Å². The topological polar surface area (TPSA) is 91.5 Å². The molecule has 0 amide bonds. The molecule has 2 N–H and O–H groups in total. The maximum Gasteiger partial charge on any atom is 0.313 e. The molecule has 8 heteroatoms. The lowest BCUT2D eigenvalue weighted by Crippen LogP contribution is -2.32. The molecule has 112 valence electrons. The number of aliphatic carboxylic acids is 1. The van der Waals surface area contributed by atoms with E-state index in [0.717, 1.165) is 44.2 Å². The summed E-state index contributed by atoms with van der Waals surface area (Å²) >= 11 is 1.15. The second-order valence-electron chi connectivity index (χ2n) is 5.10. The van der Waals surface area contributed by atoms with Crippen molar-refractivity contribution in [2.24, 2.45) is 5.92 Å². The minimum Gasteiger partial charge on any atom is -0.481 e. The number of rotatable bonds is 6. The Morgan fingerprint density at radius 3 is 2.70 bits per heavy atom. The van der Waals surface area contributed by atoms with Crippen LogP contribution in [0.4, 0.5) is 0 Å². The van der Waals surface area contributed by atoms with Gasteiger partial charge in [0.2, 0.25) is 0 Å². The lowest BCUT2D eigenvalue weighted by atomic mass is 9.97. The first-order valence-corrected chi connectivity index (χ1v) is 7.64. The van der Waals surface area contributed by atoms with Gasteiger partial charge in [-0.15, -0.1) is 10.2 Å². The third-order valence-electron chi connectivity index (χ3n) is 3.54. The van der Waals surface area contributed by atoms with E-state index in [4.69, 9.17) is 5.11 Å². The number of hydrogen-bond donors (Lipinski definition) is 2. The van der Waals surface area contributed by atoms with Crippen molar-refractivity contribution in [1.82, 2.24) is 19.7 Å². The van der Waals surface area contributed by atoms with Crippen molar-refractivity contribution < 1.29 is 15.0 Å². The minimum absolute atomic E-state index is 0.0447. The van der Waals surface area contributed by atoms with E-state index in [2.05, 4.69) is 22.1 Å². The van der Waals surface area contributed by atoms with Gasteiger partial charge < -0.3 is 19.7 Å². The van der Waals surface area contributed by atoms with Crippen molar-refractivity contribution in [2.45, 2.75) is 31.1 Å². The normalized spacial score (nSPS) is 17.5. The second-order valence-corrected chi connectivity index (χ2v) is 6.04. The van der Waals surface area contributed by atoms with Crippen LogP contribution in [-0.2, 0) is 17.9 Å². The molecule has 0 aromatic carbocycles. The van der Waals surface area contributed by atoms with Gasteiger partial charge in [0.25, 0.3) is 0 Å². The molecule has 0 spiro atoms. The van der Waals surface area contributed by atoms with E-state index in [1.807, 2.05) is 4.57 Å². The van der Waals surface area contributed by atoms with Gasteiger partial charge in [-0.05, 0) is 38.9 Å². The van der Waals surface area contributed by atoms with Crippen LogP contribution in [0.25, 0.3) is 0 Å². The molecule has 0 aliphatic carbocycles. The van der Waals surface area contributed by atoms with Crippen LogP contribution in [0.1, 0.15) is 18.7 Å². The number of aromatic nitrogens is 3. The number of piperidine rings is 1. The fraction of sp³-hybridized carbons (Fsp3) is 0.750. The number of thioether (sulfide) groups is 1. The Morgan fingerprint density at radius 2 is 2.10 bits per heavy atom. The van der Waals surface area contributed by atoms with Crippen molar-refractivity contribution in [3.63, 3.8) is 0 Å². The SMILES string of the molecule is CN1CCC(Cn2c(CO)nnc2SCC(=O)O)CC1. The molecular formula is C12H20N4O3S. The Kier molecular flexibility index (Phi) is 5.38. The molecule has 0 atom stereocenters. The van der Waals surface area contributed by atoms with Crippen molar-refractivity contribution in [3.05, 3.63) is 5.82 Å². The van der Waals surface area contributed by atoms with Crippen LogP contribution in [0.2, 0.25) is 0 Å². The highest BCUT2D eigenvalue weighted by Crippen LogP contribution is 2.23. The van der Waals surface area contributed by atoms with E-state index < -0.39 is 5.97 Å². The Hall–Kier alpha value is -1.12. The summed E-state index contributed by atoms with van der Waals surface area (Å²) in [4.78, 5) is 13.0. The van der Waals surface area contributed by atoms with Crippen molar-refractivity contribution in [2.75, 3.05) is 25.9 Å². The number of aliphatic hydroxyl groups is 1. The van der Waals surface area contributed by atoms with Crippen LogP contribution in [0.5, 0.6) is 0 Å². The molecule has 0 radical (unpaired) electrons. The highest BCUT2D eigenvalue weighted by molar-refractivity contribution is 7.99. The van der Waals surface area contributed by atoms with Crippen LogP contribution in [0.3, 0.4) is 0 Å². The average Bonchev–Trinajstić information content (AvgIpc) is 2.81. The monoisotopic (exact) mass is 300 g/mol. The second kappa shape index (κ2) is 7.05. The van der Waals surface area contributed by atoms with Crippen LogP contribution >= 0.6 is 11.8 Å². The quantitative estimate of drug-likeness (QED) is 0.729. The molecule has 2 rings (SSSR count). The van der Waals surface area contributed by atoms with Gasteiger partial charge in [0.05, 0.1) is 5.75 Å². The number of hydrogen-bond acceptors (Lipinski definition) is 6. The summed E-state index contributed by atoms with van der Waals surface area (Å²) in [7, 11) is 2.11. The molecule has 1 fully saturated rings. The molecule has 0 bridgehead atoms. The molecule has 0 saturated carbocycles. The smallest absolute Gasteiger partial charge is 0.313 e. The molecule has 1 aliphatic rings. The van der Waals surface area contributed by atoms with E-state index in [-0.39, 0.29) is 12.4 Å². The van der Waals surface area contributed by atoms with E-state index >= 15 is 0 Å². The van der Waals surface area contributed by atoms with Crippen LogP contribution < -0.4 is 0 Å². The number of carboxylic acids is 1. The molecule has 20 heavy (non-hydrogen) atoms. The number of carbonyl (C=O) groups is 1. The van der Waals surface area contributed by atoms with Crippen LogP contribution in [-0.4, -0.2) is 61.7 Å². The van der Waals surface area contributed by atoms with E-state index in [1.165, 1.54) is 0 Å². The summed E-state index contributed by atoms with van der Waals surface area (Å²) < 4.78 is 1.86. The molecule has 2 heterocycles. The Morgan fingerprint density at radius 1 is 1.40 bits per heavy atom. The molecule has 1 aromatic heterocycles. The van der Waals surface area contributed by atoms with Gasteiger partial charge in [0.1, 0.15) is 6.61 Å². The van der Waals surface area contributed by atoms with Crippen LogP contribution in [0.15, 0.2) is 5.16 Å². The molecule has 1 saturated heterocycles. The third-order valence-corrected chi connectivity index (χ3v) is 4.49. The fourth-order valence-corrected chi connectivity index (χ4v) is 3.04. The summed E-state index contributed by atoms with van der Waals surface area (Å²) in [6.07, 6.45) is 2.20. The summed E-state index contributed by atoms with van der Waals surface area (Å²) in [5.41, 5.74) is 0. The highest BCUT2D eigenvalue weighted by atomic mass is 32.2. The van der Waals surface area contributed by atoms with E-state index in [1.54, 1.807) is 0 Å². The zero-order chi connectivity index (χ0) is 14.5. The van der Waals surface area contributed by atoms with Gasteiger partial charge >= 0.3 is 5.97 Å². The van der Waals surface area contributed by atoms with Crippen molar-refractivity contribution in [3.8, 4) is 0 Å². The lowest BCUT2D eigenvalue weighted by molar-refractivity contribution is -0.133. The van der Waals surface area contributed by atoms with Gasteiger partial charge in [-0.2, -0.15) is 0 Å². The Balaban J connectivity index is 2.04. The van der Waals surface area contributed by atoms with Gasteiger partial charge in [-0.25, -0.2) is 0 Å². The molecule has 1 aromatic rings. The lowest BCUT2D eigenvalue weighted by Gasteiger charge is -2.29. The first-order chi connectivity index (χ1) is 9.60. The molecule has 0 unspecified atom stereocenters. The largest absolute Gasteiger partial charge is 0.481 e. The number of nitrogens with zero attached hydrogens (tertiary/aromatic N) is 4. The average molecular weight is 300 g/mol. The third kappa shape index (κ3) is 3.94. The van der Waals surface area contributed by atoms with Gasteiger partial charge in [-0.3, -0.25) is 4.79 Å². The number of aliphatic hydroxyl groups excluding tert-OH is 1. The first kappa shape index (κ1) is 15.3. The van der Waals surface area contributed by atoms with E-state index in [9.17, 15) is 9.90 Å². The summed E-state index contributed by atoms with van der Waals surface area (Å²) in [6.45, 7) is 2.71. The predicted molar refractivity (Wildman–Crippen MR) is 74.5 cm³/mol. The van der Waals surface area contributed by atoms with Gasteiger partial charge in [0.15, 0.2) is 11.0 Å². The summed E-state index contributed by atoms with van der Waals surface area (Å²) in [6, 6.07) is 0. The standard InChI is InChI=1S/C12H20N4O3S/c1-15-4-2-9(3-5-15)6-16-10(7-17)13-14-12(16)20-8-11(18)19/h9,17H,2-8H2,1H3,(H,18,19). The highest BCUT2D eigenvalue weighted by Gasteiger charge is 2.21. The summed E-state index contributed by atoms with van der Waals surface area (Å²) in [5.74, 6) is 0.111. The maximum absolute atomic E-state index is 10.7. The van der Waals surface area contributed by atoms with Gasteiger partial charge in [-0.1, -0.05) is 11.8 Å². The predicted octanol–water partition coefficient (Wildman–Crippen LogP) is 0.289. The molecular weight excluding hydrogens is 280 g/mol. The Labute approximate surface area is 122 Å². The molecule has 1 aliphatic heterocycles. The van der Waals surface area contributed by atoms with Crippen molar-refractivity contribution in [1.29, 1.82) is 0 Å². The van der Waals surface area contributed by atoms with Crippen LogP contribution in [0, 0.1) is 5.92 Å².